The van der Waals surface area contributed by atoms with Crippen LogP contribution in [0.4, 0.5) is 34.9 Å². The Morgan fingerprint density at radius 1 is 1.00 bits per heavy atom. The summed E-state index contributed by atoms with van der Waals surface area (Å²) in [4.78, 5) is 17.0. The third-order valence-electron chi connectivity index (χ3n) is 6.03. The van der Waals surface area contributed by atoms with Gasteiger partial charge in [0.05, 0.1) is 12.1 Å². The second kappa shape index (κ2) is 12.1. The monoisotopic (exact) mass is 597 g/mol. The molecule has 2 heterocycles. The molecule has 0 aliphatic carbocycles. The van der Waals surface area contributed by atoms with E-state index in [0.717, 1.165) is 11.1 Å². The number of carbonyl (C=O) groups excluding carboxylic acids is 1. The Bertz CT molecular complexity index is 1710. The summed E-state index contributed by atoms with van der Waals surface area (Å²) in [6.07, 6.45) is -1.29. The molecule has 0 aliphatic heterocycles. The van der Waals surface area contributed by atoms with E-state index in [9.17, 15) is 26.9 Å². The van der Waals surface area contributed by atoms with E-state index < -0.39 is 24.0 Å². The lowest BCUT2D eigenvalue weighted by Gasteiger charge is -2.14. The molecule has 0 bridgehead atoms. The average molecular weight is 598 g/mol. The molecule has 0 aliphatic rings. The Morgan fingerprint density at radius 3 is 2.40 bits per heavy atom. The van der Waals surface area contributed by atoms with Crippen LogP contribution in [0.3, 0.4) is 0 Å². The highest BCUT2D eigenvalue weighted by Gasteiger charge is 2.29. The smallest absolute Gasteiger partial charge is 0.422 e. The largest absolute Gasteiger partial charge is 0.612 e. The first-order valence-electron chi connectivity index (χ1n) is 12.5. The molecule has 3 aromatic carbocycles. The maximum atomic E-state index is 13.1. The zero-order valence-corrected chi connectivity index (χ0v) is 22.8. The zero-order valence-electron chi connectivity index (χ0n) is 22.0. The molecule has 1 unspecified atom stereocenters. The van der Waals surface area contributed by atoms with Crippen LogP contribution in [0.25, 0.3) is 16.8 Å². The van der Waals surface area contributed by atoms with Crippen molar-refractivity contribution in [2.24, 2.45) is 0 Å². The maximum Gasteiger partial charge on any atom is 0.422 e. The Labute approximate surface area is 240 Å². The van der Waals surface area contributed by atoms with E-state index in [1.54, 1.807) is 36.5 Å². The van der Waals surface area contributed by atoms with Crippen LogP contribution in [0.5, 0.6) is 5.75 Å². The van der Waals surface area contributed by atoms with Crippen LogP contribution in [-0.4, -0.2) is 44.1 Å². The van der Waals surface area contributed by atoms with Crippen LogP contribution in [0.15, 0.2) is 90.0 Å². The summed E-state index contributed by atoms with van der Waals surface area (Å²) in [7, 11) is 0. The van der Waals surface area contributed by atoms with Crippen LogP contribution >= 0.6 is 0 Å². The van der Waals surface area contributed by atoms with Crippen molar-refractivity contribution < 1.29 is 31.6 Å². The van der Waals surface area contributed by atoms with Crippen molar-refractivity contribution in [2.75, 3.05) is 23.5 Å². The van der Waals surface area contributed by atoms with Gasteiger partial charge in [-0.05, 0) is 70.8 Å². The molecular formula is C29H23F4N5O3S. The molecule has 2 aromatic heterocycles. The summed E-state index contributed by atoms with van der Waals surface area (Å²) in [6, 6.07) is 20.7. The van der Waals surface area contributed by atoms with Crippen molar-refractivity contribution in [3.05, 3.63) is 96.4 Å². The third-order valence-corrected chi connectivity index (χ3v) is 6.95. The highest BCUT2D eigenvalue weighted by Crippen LogP contribution is 2.32. The number of halogens is 4. The van der Waals surface area contributed by atoms with Crippen molar-refractivity contribution in [1.29, 1.82) is 0 Å². The first kappa shape index (κ1) is 28.9. The van der Waals surface area contributed by atoms with Crippen LogP contribution in [0.2, 0.25) is 0 Å². The normalized spacial score (nSPS) is 12.2. The van der Waals surface area contributed by atoms with Gasteiger partial charge in [-0.1, -0.05) is 24.3 Å². The van der Waals surface area contributed by atoms with Gasteiger partial charge in [0.2, 0.25) is 11.9 Å². The number of rotatable bonds is 9. The lowest BCUT2D eigenvalue weighted by atomic mass is 10.1. The summed E-state index contributed by atoms with van der Waals surface area (Å²) in [6.45, 7) is -1.51. The van der Waals surface area contributed by atoms with Gasteiger partial charge in [-0.2, -0.15) is 18.2 Å². The molecule has 2 N–H and O–H groups in total. The van der Waals surface area contributed by atoms with Crippen molar-refractivity contribution in [3.8, 4) is 16.9 Å². The topological polar surface area (TPSA) is 104 Å². The standard InChI is InChI=1S/C29H23F4N5O3S/c1-42(40)23-11-12-24(25(15-23)41-17-29(31,32)33)35-28-36-26-13-6-20(16-38(26)37-28)19-4-9-22(10-5-19)34-27(39)14-18-2-7-21(30)8-3-18/h2-13,15-16H,14,17H2,1H3,(H,34,39)(H,35,37). The number of hydrogen-bond donors (Lipinski definition) is 2. The minimum atomic E-state index is -4.55. The lowest BCUT2D eigenvalue weighted by Crippen LogP contribution is -2.19. The highest BCUT2D eigenvalue weighted by molar-refractivity contribution is 7.90. The molecule has 0 fully saturated rings. The van der Waals surface area contributed by atoms with Gasteiger partial charge < -0.3 is 19.9 Å². The predicted octanol–water partition coefficient (Wildman–Crippen LogP) is 6.14. The number of nitrogens with zero attached hydrogens (tertiary/aromatic N) is 3. The number of ether oxygens (including phenoxy) is 1. The second-order valence-corrected chi connectivity index (χ2v) is 10.6. The molecule has 0 radical (unpaired) electrons. The number of amides is 1. The minimum Gasteiger partial charge on any atom is -0.612 e. The van der Waals surface area contributed by atoms with Gasteiger partial charge in [0.25, 0.3) is 0 Å². The van der Waals surface area contributed by atoms with Crippen molar-refractivity contribution >= 4 is 40.1 Å². The molecular weight excluding hydrogens is 574 g/mol. The molecule has 0 saturated carbocycles. The highest BCUT2D eigenvalue weighted by atomic mass is 32.2. The molecule has 5 aromatic rings. The van der Waals surface area contributed by atoms with Gasteiger partial charge in [-0.25, -0.2) is 8.91 Å². The predicted molar refractivity (Wildman–Crippen MR) is 151 cm³/mol. The van der Waals surface area contributed by atoms with E-state index in [0.29, 0.717) is 21.8 Å². The summed E-state index contributed by atoms with van der Waals surface area (Å²) in [5.41, 5.74) is 3.59. The van der Waals surface area contributed by atoms with Gasteiger partial charge in [0.15, 0.2) is 17.1 Å². The van der Waals surface area contributed by atoms with Crippen LogP contribution in [0.1, 0.15) is 5.56 Å². The van der Waals surface area contributed by atoms with Crippen LogP contribution in [-0.2, 0) is 22.4 Å². The minimum absolute atomic E-state index is 0.111. The van der Waals surface area contributed by atoms with Gasteiger partial charge in [0, 0.05) is 23.5 Å². The number of aromatic nitrogens is 3. The molecule has 1 amide bonds. The molecule has 1 atom stereocenters. The third kappa shape index (κ3) is 7.36. The summed E-state index contributed by atoms with van der Waals surface area (Å²) < 4.78 is 69.7. The number of hydrogen-bond acceptors (Lipinski definition) is 6. The van der Waals surface area contributed by atoms with Gasteiger partial charge in [-0.3, -0.25) is 4.79 Å². The first-order valence-corrected chi connectivity index (χ1v) is 14.0. The fourth-order valence-corrected chi connectivity index (χ4v) is 4.56. The zero-order chi connectivity index (χ0) is 29.9. The number of fused-ring (bicyclic) bond motifs is 1. The summed E-state index contributed by atoms with van der Waals surface area (Å²) in [5.74, 6) is -0.614. The Morgan fingerprint density at radius 2 is 1.71 bits per heavy atom. The Balaban J connectivity index is 1.29. The van der Waals surface area contributed by atoms with Crippen LogP contribution < -0.4 is 15.4 Å². The molecule has 8 nitrogen and oxygen atoms in total. The maximum absolute atomic E-state index is 13.1. The number of nitrogens with one attached hydrogen (secondary N) is 2. The number of alkyl halides is 3. The Hall–Kier alpha value is -4.62. The van der Waals surface area contributed by atoms with Gasteiger partial charge >= 0.3 is 6.18 Å². The van der Waals surface area contributed by atoms with Crippen molar-refractivity contribution in [2.45, 2.75) is 17.5 Å². The van der Waals surface area contributed by atoms with Crippen molar-refractivity contribution in [1.82, 2.24) is 14.6 Å². The van der Waals surface area contributed by atoms with E-state index in [1.807, 2.05) is 18.2 Å². The average Bonchev–Trinajstić information content (AvgIpc) is 3.35. The SMILES string of the molecule is C[S+]([O-])c1ccc(Nc2nc3ccc(-c4ccc(NC(=O)Cc5ccc(F)cc5)cc4)cn3n2)c(OCC(F)(F)F)c1. The number of pyridine rings is 1. The quantitative estimate of drug-likeness (QED) is 0.156. The fraction of sp³-hybridized carbons (Fsp3) is 0.138. The van der Waals surface area contributed by atoms with E-state index in [1.165, 1.54) is 41.1 Å². The fourth-order valence-electron chi connectivity index (χ4n) is 4.03. The molecule has 0 saturated heterocycles. The summed E-state index contributed by atoms with van der Waals surface area (Å²) >= 11 is -1.42. The van der Waals surface area contributed by atoms with Crippen molar-refractivity contribution in [3.63, 3.8) is 0 Å². The van der Waals surface area contributed by atoms with Gasteiger partial charge in [0.1, 0.15) is 17.8 Å². The second-order valence-electron chi connectivity index (χ2n) is 9.23. The molecule has 0 spiro atoms. The number of benzene rings is 3. The first-order chi connectivity index (χ1) is 20.0. The van der Waals surface area contributed by atoms with Gasteiger partial charge in [-0.15, -0.1) is 5.10 Å². The number of carbonyl (C=O) groups is 1. The van der Waals surface area contributed by atoms with E-state index in [-0.39, 0.29) is 35.5 Å². The molecule has 13 heteroatoms. The lowest BCUT2D eigenvalue weighted by molar-refractivity contribution is -0.153. The number of anilines is 3. The van der Waals surface area contributed by atoms with E-state index in [4.69, 9.17) is 4.74 Å². The van der Waals surface area contributed by atoms with Crippen LogP contribution in [0, 0.1) is 5.82 Å². The Kier molecular flexibility index (Phi) is 8.31. The molecule has 42 heavy (non-hydrogen) atoms. The molecule has 216 valence electrons. The molecule has 5 rings (SSSR count). The van der Waals surface area contributed by atoms with E-state index >= 15 is 0 Å². The van der Waals surface area contributed by atoms with E-state index in [2.05, 4.69) is 20.7 Å². The summed E-state index contributed by atoms with van der Waals surface area (Å²) in [5, 5.41) is 10.1.